The van der Waals surface area contributed by atoms with Crippen molar-refractivity contribution in [2.45, 2.75) is 37.7 Å². The van der Waals surface area contributed by atoms with Gasteiger partial charge in [-0.15, -0.1) is 0 Å². The maximum absolute atomic E-state index is 15.3. The third-order valence-corrected chi connectivity index (χ3v) is 7.84. The van der Waals surface area contributed by atoms with E-state index in [2.05, 4.69) is 30.6 Å². The highest BCUT2D eigenvalue weighted by Crippen LogP contribution is 2.33. The molecule has 0 aliphatic heterocycles. The quantitative estimate of drug-likeness (QED) is 0.111. The topological polar surface area (TPSA) is 82.9 Å². The second kappa shape index (κ2) is 11.1. The normalized spacial score (nSPS) is 12.4. The van der Waals surface area contributed by atoms with Crippen LogP contribution in [0.2, 0.25) is 0 Å². The van der Waals surface area contributed by atoms with Crippen molar-refractivity contribution in [2.75, 3.05) is 11.0 Å². The predicted molar refractivity (Wildman–Crippen MR) is 146 cm³/mol. The number of aryl methyl sites for hydroxylation is 1. The van der Waals surface area contributed by atoms with Gasteiger partial charge in [0.15, 0.2) is 23.1 Å². The average Bonchev–Trinajstić information content (AvgIpc) is 2.83. The van der Waals surface area contributed by atoms with Crippen molar-refractivity contribution >= 4 is 55.8 Å². The van der Waals surface area contributed by atoms with Gasteiger partial charge in [-0.2, -0.15) is 9.97 Å². The van der Waals surface area contributed by atoms with E-state index in [0.717, 1.165) is 33.6 Å². The summed E-state index contributed by atoms with van der Waals surface area (Å²) >= 11 is 2.96. The fourth-order valence-electron chi connectivity index (χ4n) is 3.76. The number of halogens is 4. The first-order chi connectivity index (χ1) is 17.5. The van der Waals surface area contributed by atoms with Crippen LogP contribution in [0.25, 0.3) is 22.2 Å². The summed E-state index contributed by atoms with van der Waals surface area (Å²) in [5.74, 6) is -3.49. The average molecular weight is 612 g/mol. The SMILES string of the molecule is Cc1ccc(CSNc2c(F)cc(-c3cc4cnc([S+](C)[O-])nc4n(C(C)C)c3=O)c(F)c2F)c(Br)c1. The zero-order chi connectivity index (χ0) is 27.0. The lowest BCUT2D eigenvalue weighted by molar-refractivity contribution is 0.502. The lowest BCUT2D eigenvalue weighted by Crippen LogP contribution is -2.25. The number of anilines is 1. The Balaban J connectivity index is 1.74. The van der Waals surface area contributed by atoms with Crippen LogP contribution in [0.15, 0.2) is 51.0 Å². The number of fused-ring (bicyclic) bond motifs is 1. The van der Waals surface area contributed by atoms with Gasteiger partial charge in [0, 0.05) is 44.6 Å². The molecule has 4 aromatic rings. The van der Waals surface area contributed by atoms with Gasteiger partial charge < -0.3 is 9.27 Å². The molecule has 4 rings (SSSR count). The van der Waals surface area contributed by atoms with E-state index in [9.17, 15) is 9.35 Å². The number of rotatable bonds is 7. The molecule has 0 bridgehead atoms. The molecule has 2 aromatic carbocycles. The first-order valence-electron chi connectivity index (χ1n) is 11.1. The van der Waals surface area contributed by atoms with Gasteiger partial charge in [0.1, 0.15) is 11.9 Å². The highest BCUT2D eigenvalue weighted by molar-refractivity contribution is 9.10. The fraction of sp³-hybridized carbons (Fsp3) is 0.240. The molecule has 1 atom stereocenters. The number of nitrogens with one attached hydrogen (secondary N) is 1. The van der Waals surface area contributed by atoms with Gasteiger partial charge >= 0.3 is 5.16 Å². The molecular weight excluding hydrogens is 589 g/mol. The van der Waals surface area contributed by atoms with E-state index in [1.54, 1.807) is 13.8 Å². The number of benzene rings is 2. The van der Waals surface area contributed by atoms with Crippen LogP contribution in [0, 0.1) is 24.4 Å². The van der Waals surface area contributed by atoms with Gasteiger partial charge in [-0.25, -0.2) is 13.2 Å². The van der Waals surface area contributed by atoms with Crippen molar-refractivity contribution in [3.63, 3.8) is 0 Å². The fourth-order valence-corrected chi connectivity index (χ4v) is 5.80. The molecular formula is C25H22BrF3N4O2S2. The Morgan fingerprint density at radius 2 is 1.89 bits per heavy atom. The molecule has 0 amide bonds. The van der Waals surface area contributed by atoms with Crippen molar-refractivity contribution in [1.29, 1.82) is 0 Å². The smallest absolute Gasteiger partial charge is 0.344 e. The van der Waals surface area contributed by atoms with Crippen molar-refractivity contribution < 1.29 is 17.7 Å². The second-order valence-electron chi connectivity index (χ2n) is 8.61. The van der Waals surface area contributed by atoms with Gasteiger partial charge in [-0.1, -0.05) is 28.1 Å². The molecule has 1 unspecified atom stereocenters. The van der Waals surface area contributed by atoms with Crippen LogP contribution in [0.3, 0.4) is 0 Å². The molecule has 0 spiro atoms. The van der Waals surface area contributed by atoms with Crippen molar-refractivity contribution in [2.24, 2.45) is 0 Å². The van der Waals surface area contributed by atoms with Gasteiger partial charge in [0.05, 0.1) is 5.56 Å². The summed E-state index contributed by atoms with van der Waals surface area (Å²) in [4.78, 5) is 21.6. The van der Waals surface area contributed by atoms with Crippen LogP contribution in [-0.4, -0.2) is 25.3 Å². The molecule has 0 aliphatic carbocycles. The van der Waals surface area contributed by atoms with Crippen molar-refractivity contribution in [3.8, 4) is 11.1 Å². The van der Waals surface area contributed by atoms with Crippen LogP contribution < -0.4 is 10.3 Å². The largest absolute Gasteiger partial charge is 0.609 e. The Labute approximate surface area is 227 Å². The summed E-state index contributed by atoms with van der Waals surface area (Å²) in [7, 11) is 0. The highest BCUT2D eigenvalue weighted by Gasteiger charge is 2.24. The number of hydrogen-bond acceptors (Lipinski definition) is 6. The van der Waals surface area contributed by atoms with E-state index in [-0.39, 0.29) is 16.4 Å². The Hall–Kier alpha value is -2.54. The zero-order valence-corrected chi connectivity index (χ0v) is 23.5. The summed E-state index contributed by atoms with van der Waals surface area (Å²) in [6.45, 7) is 5.37. The van der Waals surface area contributed by atoms with E-state index < -0.39 is 51.5 Å². The lowest BCUT2D eigenvalue weighted by Gasteiger charge is -2.17. The molecule has 0 saturated heterocycles. The first-order valence-corrected chi connectivity index (χ1v) is 14.4. The number of aromatic nitrogens is 3. The monoisotopic (exact) mass is 610 g/mol. The Morgan fingerprint density at radius 3 is 2.54 bits per heavy atom. The van der Waals surface area contributed by atoms with E-state index in [0.29, 0.717) is 11.1 Å². The Morgan fingerprint density at radius 1 is 1.16 bits per heavy atom. The van der Waals surface area contributed by atoms with Crippen LogP contribution in [-0.2, 0) is 16.9 Å². The van der Waals surface area contributed by atoms with Crippen molar-refractivity contribution in [1.82, 2.24) is 14.5 Å². The van der Waals surface area contributed by atoms with E-state index in [4.69, 9.17) is 0 Å². The minimum absolute atomic E-state index is 0.0305. The number of pyridine rings is 1. The number of hydrogen-bond donors (Lipinski definition) is 1. The van der Waals surface area contributed by atoms with Crippen LogP contribution in [0.1, 0.15) is 31.0 Å². The van der Waals surface area contributed by atoms with Gasteiger partial charge in [-0.05, 0) is 62.0 Å². The molecule has 2 aromatic heterocycles. The zero-order valence-electron chi connectivity index (χ0n) is 20.2. The standard InChI is InChI=1S/C25H22BrF3N4O2S2/c1-12(2)33-23-15(10-30-25(31-23)37(4)35)8-17(24(33)34)16-9-19(27)22(21(29)20(16)28)32-36-11-14-6-5-13(3)7-18(14)26/h5-10,12,32H,11H2,1-4H3. The molecule has 37 heavy (non-hydrogen) atoms. The third-order valence-electron chi connectivity index (χ3n) is 5.58. The predicted octanol–water partition coefficient (Wildman–Crippen LogP) is 6.53. The lowest BCUT2D eigenvalue weighted by atomic mass is 10.0. The Kier molecular flexibility index (Phi) is 8.22. The summed E-state index contributed by atoms with van der Waals surface area (Å²) in [5.41, 5.74) is 0.0558. The second-order valence-corrected chi connectivity index (χ2v) is 11.5. The summed E-state index contributed by atoms with van der Waals surface area (Å²) in [6, 6.07) is 7.37. The summed E-state index contributed by atoms with van der Waals surface area (Å²) in [5, 5.41) is 0.363. The van der Waals surface area contributed by atoms with E-state index >= 15 is 13.2 Å². The Bertz CT molecular complexity index is 1560. The highest BCUT2D eigenvalue weighted by atomic mass is 79.9. The third kappa shape index (κ3) is 5.52. The van der Waals surface area contributed by atoms with Crippen LogP contribution >= 0.6 is 27.9 Å². The summed E-state index contributed by atoms with van der Waals surface area (Å²) in [6.07, 6.45) is 2.75. The van der Waals surface area contributed by atoms with Crippen LogP contribution in [0.4, 0.5) is 18.9 Å². The molecule has 0 radical (unpaired) electrons. The van der Waals surface area contributed by atoms with Crippen molar-refractivity contribution in [3.05, 3.63) is 79.9 Å². The summed E-state index contributed by atoms with van der Waals surface area (Å²) < 4.78 is 61.8. The molecule has 2 heterocycles. The molecule has 1 N–H and O–H groups in total. The van der Waals surface area contributed by atoms with Gasteiger partial charge in [-0.3, -0.25) is 9.36 Å². The van der Waals surface area contributed by atoms with Gasteiger partial charge in [0.2, 0.25) is 0 Å². The molecule has 0 fully saturated rings. The molecule has 0 saturated carbocycles. The maximum atomic E-state index is 15.3. The van der Waals surface area contributed by atoms with Crippen LogP contribution in [0.5, 0.6) is 0 Å². The molecule has 0 aliphatic rings. The van der Waals surface area contributed by atoms with E-state index in [1.165, 1.54) is 23.1 Å². The minimum Gasteiger partial charge on any atom is -0.609 e. The molecule has 12 heteroatoms. The van der Waals surface area contributed by atoms with E-state index in [1.807, 2.05) is 25.1 Å². The van der Waals surface area contributed by atoms with Gasteiger partial charge in [0.25, 0.3) is 5.56 Å². The maximum Gasteiger partial charge on any atom is 0.344 e. The minimum atomic E-state index is -1.49. The first kappa shape index (κ1) is 27.5. The molecule has 6 nitrogen and oxygen atoms in total. The molecule has 194 valence electrons. The number of nitrogens with zero attached hydrogens (tertiary/aromatic N) is 3.